The van der Waals surface area contributed by atoms with Crippen LogP contribution in [-0.4, -0.2) is 18.2 Å². The van der Waals surface area contributed by atoms with Gasteiger partial charge in [0.25, 0.3) is 5.91 Å². The van der Waals surface area contributed by atoms with E-state index in [1.165, 1.54) is 6.42 Å². The summed E-state index contributed by atoms with van der Waals surface area (Å²) >= 11 is 0. The van der Waals surface area contributed by atoms with Gasteiger partial charge in [0.05, 0.1) is 0 Å². The van der Waals surface area contributed by atoms with Crippen LogP contribution >= 0.6 is 0 Å². The first-order chi connectivity index (χ1) is 9.63. The lowest BCUT2D eigenvalue weighted by molar-refractivity contribution is -0.123. The molecule has 1 N–H and O–H groups in total. The van der Waals surface area contributed by atoms with Gasteiger partial charge in [-0.1, -0.05) is 19.1 Å². The van der Waals surface area contributed by atoms with Crippen molar-refractivity contribution in [3.8, 4) is 5.75 Å². The van der Waals surface area contributed by atoms with Gasteiger partial charge in [-0.25, -0.2) is 5.43 Å². The second kappa shape index (κ2) is 7.08. The van der Waals surface area contributed by atoms with Crippen molar-refractivity contribution in [2.45, 2.75) is 39.5 Å². The fourth-order valence-corrected chi connectivity index (χ4v) is 2.39. The maximum atomic E-state index is 11.7. The Hall–Kier alpha value is -1.84. The maximum absolute atomic E-state index is 11.7. The second-order valence-corrected chi connectivity index (χ2v) is 5.52. The highest BCUT2D eigenvalue weighted by Crippen LogP contribution is 2.20. The molecule has 4 nitrogen and oxygen atoms in total. The zero-order valence-corrected chi connectivity index (χ0v) is 12.2. The number of hydrazone groups is 1. The molecule has 4 heteroatoms. The molecule has 1 aromatic carbocycles. The number of nitrogens with one attached hydrogen (secondary N) is 1. The lowest BCUT2D eigenvalue weighted by Gasteiger charge is -2.18. The number of aryl methyl sites for hydroxylation is 1. The minimum atomic E-state index is -0.211. The van der Waals surface area contributed by atoms with E-state index in [9.17, 15) is 4.79 Å². The molecule has 0 aromatic heterocycles. The zero-order valence-electron chi connectivity index (χ0n) is 12.2. The molecular weight excluding hydrogens is 252 g/mol. The van der Waals surface area contributed by atoms with Crippen LogP contribution in [0.3, 0.4) is 0 Å². The quantitative estimate of drug-likeness (QED) is 0.858. The zero-order chi connectivity index (χ0) is 14.4. The van der Waals surface area contributed by atoms with Crippen molar-refractivity contribution in [2.75, 3.05) is 6.61 Å². The number of carbonyl (C=O) groups is 1. The van der Waals surface area contributed by atoms with E-state index in [4.69, 9.17) is 4.74 Å². The van der Waals surface area contributed by atoms with Gasteiger partial charge in [-0.3, -0.25) is 4.79 Å². The summed E-state index contributed by atoms with van der Waals surface area (Å²) in [6, 6.07) is 7.65. The van der Waals surface area contributed by atoms with Crippen LogP contribution in [0.4, 0.5) is 0 Å². The molecule has 1 aliphatic carbocycles. The monoisotopic (exact) mass is 274 g/mol. The Morgan fingerprint density at radius 3 is 3.10 bits per heavy atom. The van der Waals surface area contributed by atoms with E-state index in [0.29, 0.717) is 11.7 Å². The van der Waals surface area contributed by atoms with Crippen molar-refractivity contribution in [2.24, 2.45) is 11.0 Å². The van der Waals surface area contributed by atoms with E-state index < -0.39 is 0 Å². The molecule has 0 spiro atoms. The molecule has 20 heavy (non-hydrogen) atoms. The van der Waals surface area contributed by atoms with Crippen LogP contribution in [0.15, 0.2) is 29.4 Å². The Labute approximate surface area is 120 Å². The summed E-state index contributed by atoms with van der Waals surface area (Å²) in [6.45, 7) is 4.20. The molecule has 0 heterocycles. The summed E-state index contributed by atoms with van der Waals surface area (Å²) in [4.78, 5) is 11.7. The summed E-state index contributed by atoms with van der Waals surface area (Å²) in [6.07, 6.45) is 4.39. The molecule has 1 saturated carbocycles. The number of hydrogen-bond donors (Lipinski definition) is 1. The Morgan fingerprint density at radius 2 is 2.35 bits per heavy atom. The highest BCUT2D eigenvalue weighted by Gasteiger charge is 2.14. The van der Waals surface area contributed by atoms with Gasteiger partial charge in [0, 0.05) is 5.71 Å². The molecule has 1 atom stereocenters. The van der Waals surface area contributed by atoms with Crippen molar-refractivity contribution >= 4 is 11.6 Å². The summed E-state index contributed by atoms with van der Waals surface area (Å²) in [5, 5.41) is 4.20. The first-order valence-corrected chi connectivity index (χ1v) is 7.17. The van der Waals surface area contributed by atoms with Gasteiger partial charge in [-0.05, 0) is 56.2 Å². The Morgan fingerprint density at radius 1 is 1.50 bits per heavy atom. The molecule has 0 saturated heterocycles. The first-order valence-electron chi connectivity index (χ1n) is 7.17. The van der Waals surface area contributed by atoms with Crippen LogP contribution in [0, 0.1) is 12.8 Å². The topological polar surface area (TPSA) is 50.7 Å². The van der Waals surface area contributed by atoms with Gasteiger partial charge in [-0.15, -0.1) is 0 Å². The Bertz CT molecular complexity index is 497. The number of amides is 1. The van der Waals surface area contributed by atoms with E-state index in [0.717, 1.165) is 30.5 Å². The molecule has 1 aliphatic rings. The number of benzene rings is 1. The van der Waals surface area contributed by atoms with Gasteiger partial charge in [0.2, 0.25) is 0 Å². The van der Waals surface area contributed by atoms with Crippen LogP contribution in [-0.2, 0) is 4.79 Å². The predicted octanol–water partition coefficient (Wildman–Crippen LogP) is 3.06. The lowest BCUT2D eigenvalue weighted by atomic mass is 9.89. The summed E-state index contributed by atoms with van der Waals surface area (Å²) in [5.41, 5.74) is 4.78. The van der Waals surface area contributed by atoms with E-state index >= 15 is 0 Å². The van der Waals surface area contributed by atoms with Crippen LogP contribution in [0.5, 0.6) is 5.75 Å². The Kier molecular flexibility index (Phi) is 5.16. The molecular formula is C16H22N2O2. The van der Waals surface area contributed by atoms with Gasteiger partial charge >= 0.3 is 0 Å². The smallest absolute Gasteiger partial charge is 0.277 e. The maximum Gasteiger partial charge on any atom is 0.277 e. The lowest BCUT2D eigenvalue weighted by Crippen LogP contribution is -2.27. The summed E-state index contributed by atoms with van der Waals surface area (Å²) in [5.74, 6) is 1.17. The largest absolute Gasteiger partial charge is 0.484 e. The number of ether oxygens (including phenoxy) is 1. The summed E-state index contributed by atoms with van der Waals surface area (Å²) < 4.78 is 5.43. The standard InChI is InChI=1S/C16H22N2O2/c1-12-5-3-7-14(9-12)17-18-16(19)11-20-15-8-4-6-13(2)10-15/h4,6,8,10,12H,3,5,7,9,11H2,1-2H3,(H,18,19)/t12-/m1/s1. The van der Waals surface area contributed by atoms with E-state index in [1.807, 2.05) is 31.2 Å². The Balaban J connectivity index is 1.76. The van der Waals surface area contributed by atoms with Gasteiger partial charge < -0.3 is 4.74 Å². The van der Waals surface area contributed by atoms with E-state index in [-0.39, 0.29) is 12.5 Å². The fraction of sp³-hybridized carbons (Fsp3) is 0.500. The SMILES string of the molecule is Cc1cccc(OCC(=O)NN=C2CCC[C@@H](C)C2)c1. The van der Waals surface area contributed by atoms with Crippen molar-refractivity contribution in [1.82, 2.24) is 5.43 Å². The van der Waals surface area contributed by atoms with E-state index in [2.05, 4.69) is 17.5 Å². The molecule has 0 unspecified atom stereocenters. The molecule has 108 valence electrons. The third-order valence-electron chi connectivity index (χ3n) is 3.44. The molecule has 1 fully saturated rings. The van der Waals surface area contributed by atoms with Crippen LogP contribution in [0.2, 0.25) is 0 Å². The van der Waals surface area contributed by atoms with Gasteiger partial charge in [-0.2, -0.15) is 5.10 Å². The van der Waals surface area contributed by atoms with Gasteiger partial charge in [0.15, 0.2) is 6.61 Å². The highest BCUT2D eigenvalue weighted by atomic mass is 16.5. The third-order valence-corrected chi connectivity index (χ3v) is 3.44. The predicted molar refractivity (Wildman–Crippen MR) is 79.9 cm³/mol. The van der Waals surface area contributed by atoms with Crippen LogP contribution in [0.1, 0.15) is 38.2 Å². The first kappa shape index (κ1) is 14.6. The third kappa shape index (κ3) is 4.68. The number of nitrogens with zero attached hydrogens (tertiary/aromatic N) is 1. The molecule has 1 aromatic rings. The minimum absolute atomic E-state index is 0.00418. The fourth-order valence-electron chi connectivity index (χ4n) is 2.39. The highest BCUT2D eigenvalue weighted by molar-refractivity contribution is 5.87. The average Bonchev–Trinajstić information content (AvgIpc) is 2.43. The van der Waals surface area contributed by atoms with Crippen molar-refractivity contribution in [1.29, 1.82) is 0 Å². The van der Waals surface area contributed by atoms with E-state index in [1.54, 1.807) is 0 Å². The number of carbonyl (C=O) groups excluding carboxylic acids is 1. The molecule has 0 radical (unpaired) electrons. The number of hydrogen-bond acceptors (Lipinski definition) is 3. The summed E-state index contributed by atoms with van der Waals surface area (Å²) in [7, 11) is 0. The van der Waals surface area contributed by atoms with Crippen molar-refractivity contribution in [3.05, 3.63) is 29.8 Å². The van der Waals surface area contributed by atoms with Crippen LogP contribution in [0.25, 0.3) is 0 Å². The average molecular weight is 274 g/mol. The second-order valence-electron chi connectivity index (χ2n) is 5.52. The molecule has 0 aliphatic heterocycles. The van der Waals surface area contributed by atoms with Crippen LogP contribution < -0.4 is 10.2 Å². The normalized spacial score (nSPS) is 20.7. The minimum Gasteiger partial charge on any atom is -0.484 e. The molecule has 0 bridgehead atoms. The molecule has 1 amide bonds. The van der Waals surface area contributed by atoms with Gasteiger partial charge in [0.1, 0.15) is 5.75 Å². The molecule has 2 rings (SSSR count). The number of rotatable bonds is 4. The van der Waals surface area contributed by atoms with Crippen molar-refractivity contribution < 1.29 is 9.53 Å². The van der Waals surface area contributed by atoms with Crippen molar-refractivity contribution in [3.63, 3.8) is 0 Å².